The number of hydrogen-bond acceptors (Lipinski definition) is 5. The molecule has 0 aliphatic carbocycles. The molecule has 1 amide bonds. The van der Waals surface area contributed by atoms with Gasteiger partial charge in [0.2, 0.25) is 5.91 Å². The number of thiophene rings is 1. The van der Waals surface area contributed by atoms with E-state index in [1.165, 1.54) is 27.4 Å². The highest BCUT2D eigenvalue weighted by molar-refractivity contribution is 7.18. The summed E-state index contributed by atoms with van der Waals surface area (Å²) in [4.78, 5) is 23.8. The molecule has 2 aliphatic rings. The summed E-state index contributed by atoms with van der Waals surface area (Å²) in [6.45, 7) is 3.28. The van der Waals surface area contributed by atoms with Crippen molar-refractivity contribution in [3.8, 4) is 0 Å². The highest BCUT2D eigenvalue weighted by atomic mass is 32.1. The van der Waals surface area contributed by atoms with E-state index in [4.69, 9.17) is 4.98 Å². The van der Waals surface area contributed by atoms with E-state index in [9.17, 15) is 4.79 Å². The van der Waals surface area contributed by atoms with Gasteiger partial charge in [0.1, 0.15) is 0 Å². The molecule has 0 spiro atoms. The molecule has 2 unspecified atom stereocenters. The summed E-state index contributed by atoms with van der Waals surface area (Å²) in [7, 11) is 0. The van der Waals surface area contributed by atoms with Crippen LogP contribution in [0.3, 0.4) is 0 Å². The van der Waals surface area contributed by atoms with E-state index < -0.39 is 0 Å². The Balaban J connectivity index is 1.26. The number of hydrogen-bond donors (Lipinski definition) is 0. The number of carbonyl (C=O) groups excluding carboxylic acids is 1. The molecule has 0 saturated carbocycles. The lowest BCUT2D eigenvalue weighted by Gasteiger charge is -2.34. The van der Waals surface area contributed by atoms with Gasteiger partial charge in [-0.05, 0) is 55.8 Å². The molecule has 0 N–H and O–H groups in total. The van der Waals surface area contributed by atoms with Crippen molar-refractivity contribution in [2.75, 3.05) is 26.2 Å². The summed E-state index contributed by atoms with van der Waals surface area (Å²) in [5.41, 5.74) is 1.09. The molecule has 2 aliphatic heterocycles. The minimum atomic E-state index is 0.286. The van der Waals surface area contributed by atoms with Gasteiger partial charge in [-0.1, -0.05) is 18.2 Å². The minimum Gasteiger partial charge on any atom is -0.341 e. The van der Waals surface area contributed by atoms with Gasteiger partial charge in [-0.15, -0.1) is 22.7 Å². The second kappa shape index (κ2) is 7.93. The number of likely N-dealkylation sites (tertiary alicyclic amines) is 2. The maximum Gasteiger partial charge on any atom is 0.236 e. The van der Waals surface area contributed by atoms with Crippen LogP contribution in [0.2, 0.25) is 0 Å². The molecule has 2 atom stereocenters. The summed E-state index contributed by atoms with van der Waals surface area (Å²) in [6.07, 6.45) is 4.55. The first-order chi connectivity index (χ1) is 13.8. The molecule has 2 saturated heterocycles. The van der Waals surface area contributed by atoms with Crippen LogP contribution in [0.25, 0.3) is 10.2 Å². The van der Waals surface area contributed by atoms with E-state index >= 15 is 0 Å². The summed E-state index contributed by atoms with van der Waals surface area (Å²) in [5.74, 6) is 0.663. The molecule has 5 rings (SSSR count). The number of carbonyl (C=O) groups is 1. The molecular weight excluding hydrogens is 386 g/mol. The van der Waals surface area contributed by atoms with Gasteiger partial charge in [-0.25, -0.2) is 4.98 Å². The summed E-state index contributed by atoms with van der Waals surface area (Å²) in [6, 6.07) is 13.1. The molecule has 0 radical (unpaired) electrons. The van der Waals surface area contributed by atoms with E-state index in [1.807, 2.05) is 17.4 Å². The molecule has 1 aromatic carbocycles. The monoisotopic (exact) mass is 411 g/mol. The molecule has 4 nitrogen and oxygen atoms in total. The Hall–Kier alpha value is -1.76. The van der Waals surface area contributed by atoms with Crippen molar-refractivity contribution in [3.05, 3.63) is 51.7 Å². The Kier molecular flexibility index (Phi) is 5.18. The normalized spacial score (nSPS) is 23.5. The Bertz CT molecular complexity index is 919. The lowest BCUT2D eigenvalue weighted by Crippen LogP contribution is -2.44. The van der Waals surface area contributed by atoms with Crippen LogP contribution in [0.1, 0.15) is 47.5 Å². The first-order valence-corrected chi connectivity index (χ1v) is 11.9. The lowest BCUT2D eigenvalue weighted by atomic mass is 9.98. The van der Waals surface area contributed by atoms with Crippen LogP contribution in [0.5, 0.6) is 0 Å². The van der Waals surface area contributed by atoms with Crippen LogP contribution in [0.15, 0.2) is 41.8 Å². The van der Waals surface area contributed by atoms with E-state index in [-0.39, 0.29) is 5.91 Å². The molecule has 146 valence electrons. The van der Waals surface area contributed by atoms with Crippen LogP contribution in [0.4, 0.5) is 0 Å². The van der Waals surface area contributed by atoms with Crippen molar-refractivity contribution in [1.82, 2.24) is 14.8 Å². The molecule has 4 heterocycles. The van der Waals surface area contributed by atoms with E-state index in [0.717, 1.165) is 38.0 Å². The molecule has 3 aromatic rings. The summed E-state index contributed by atoms with van der Waals surface area (Å²) >= 11 is 3.60. The topological polar surface area (TPSA) is 36.4 Å². The third kappa shape index (κ3) is 3.61. The number of thiazole rings is 1. The van der Waals surface area contributed by atoms with E-state index in [1.54, 1.807) is 11.3 Å². The van der Waals surface area contributed by atoms with Crippen molar-refractivity contribution >= 4 is 38.8 Å². The van der Waals surface area contributed by atoms with Crippen LogP contribution >= 0.6 is 22.7 Å². The van der Waals surface area contributed by atoms with Gasteiger partial charge < -0.3 is 4.90 Å². The zero-order valence-corrected chi connectivity index (χ0v) is 17.6. The van der Waals surface area contributed by atoms with Crippen molar-refractivity contribution in [3.63, 3.8) is 0 Å². The van der Waals surface area contributed by atoms with Crippen LogP contribution in [0, 0.1) is 0 Å². The quantitative estimate of drug-likeness (QED) is 0.613. The number of aromatic nitrogens is 1. The smallest absolute Gasteiger partial charge is 0.236 e. The van der Waals surface area contributed by atoms with Crippen LogP contribution in [-0.4, -0.2) is 46.9 Å². The van der Waals surface area contributed by atoms with Crippen molar-refractivity contribution in [2.24, 2.45) is 0 Å². The van der Waals surface area contributed by atoms with Gasteiger partial charge in [0, 0.05) is 29.9 Å². The number of piperidine rings is 1. The van der Waals surface area contributed by atoms with E-state index in [2.05, 4.69) is 45.5 Å². The SMILES string of the molecule is O=C(CN1CCCC1c1cccs1)N1CCCC(c2nc3ccccc3s2)C1. The van der Waals surface area contributed by atoms with Gasteiger partial charge in [0.25, 0.3) is 0 Å². The zero-order chi connectivity index (χ0) is 18.9. The zero-order valence-electron chi connectivity index (χ0n) is 15.9. The van der Waals surface area contributed by atoms with Gasteiger partial charge in [-0.2, -0.15) is 0 Å². The fraction of sp³-hybridized carbons (Fsp3) is 0.455. The minimum absolute atomic E-state index is 0.286. The van der Waals surface area contributed by atoms with Gasteiger partial charge in [0.15, 0.2) is 0 Å². The van der Waals surface area contributed by atoms with Crippen LogP contribution < -0.4 is 0 Å². The van der Waals surface area contributed by atoms with Crippen molar-refractivity contribution in [1.29, 1.82) is 0 Å². The number of fused-ring (bicyclic) bond motifs is 1. The average Bonchev–Trinajstić information content (AvgIpc) is 3.47. The van der Waals surface area contributed by atoms with Gasteiger partial charge >= 0.3 is 0 Å². The molecule has 2 fully saturated rings. The van der Waals surface area contributed by atoms with Crippen molar-refractivity contribution in [2.45, 2.75) is 37.6 Å². The number of amides is 1. The van der Waals surface area contributed by atoms with Gasteiger partial charge in [0.05, 0.1) is 21.8 Å². The van der Waals surface area contributed by atoms with Crippen molar-refractivity contribution < 1.29 is 4.79 Å². The lowest BCUT2D eigenvalue weighted by molar-refractivity contribution is -0.133. The Labute approximate surface area is 173 Å². The maximum atomic E-state index is 13.1. The third-order valence-electron chi connectivity index (χ3n) is 6.01. The second-order valence-electron chi connectivity index (χ2n) is 7.84. The number of nitrogens with zero attached hydrogens (tertiary/aromatic N) is 3. The Morgan fingerprint density at radius 2 is 2.00 bits per heavy atom. The van der Waals surface area contributed by atoms with E-state index in [0.29, 0.717) is 18.5 Å². The highest BCUT2D eigenvalue weighted by Gasteiger charge is 2.32. The summed E-state index contributed by atoms with van der Waals surface area (Å²) in [5, 5.41) is 3.33. The number of benzene rings is 1. The highest BCUT2D eigenvalue weighted by Crippen LogP contribution is 2.35. The predicted molar refractivity (Wildman–Crippen MR) is 116 cm³/mol. The summed E-state index contributed by atoms with van der Waals surface area (Å²) < 4.78 is 1.25. The largest absolute Gasteiger partial charge is 0.341 e. The Morgan fingerprint density at radius 3 is 2.86 bits per heavy atom. The molecule has 6 heteroatoms. The molecular formula is C22H25N3OS2. The van der Waals surface area contributed by atoms with Gasteiger partial charge in [-0.3, -0.25) is 9.69 Å². The first-order valence-electron chi connectivity index (χ1n) is 10.2. The fourth-order valence-corrected chi connectivity index (χ4v) is 6.55. The third-order valence-corrected chi connectivity index (χ3v) is 8.18. The molecule has 28 heavy (non-hydrogen) atoms. The number of rotatable bonds is 4. The van der Waals surface area contributed by atoms with Crippen LogP contribution in [-0.2, 0) is 4.79 Å². The first kappa shape index (κ1) is 18.3. The number of para-hydroxylation sites is 1. The second-order valence-corrected chi connectivity index (χ2v) is 9.88. The standard InChI is InChI=1S/C22H25N3OS2/c26-21(15-24-11-4-8-18(24)20-10-5-13-27-20)25-12-3-6-16(14-25)22-23-17-7-1-2-9-19(17)28-22/h1-2,5,7,9-10,13,16,18H,3-4,6,8,11-12,14-15H2. The average molecular weight is 412 g/mol. The molecule has 0 bridgehead atoms. The fourth-order valence-electron chi connectivity index (χ4n) is 4.56. The maximum absolute atomic E-state index is 13.1. The Morgan fingerprint density at radius 1 is 1.11 bits per heavy atom. The molecule has 2 aromatic heterocycles. The predicted octanol–water partition coefficient (Wildman–Crippen LogP) is 4.90.